The number of nitrogens with one attached hydrogen (secondary N) is 1. The second-order valence-corrected chi connectivity index (χ2v) is 5.96. The summed E-state index contributed by atoms with van der Waals surface area (Å²) in [6.07, 6.45) is 3.62. The van der Waals surface area contributed by atoms with Crippen LogP contribution in [0.15, 0.2) is 41.1 Å². The Balaban J connectivity index is 2.36. The minimum atomic E-state index is -0.238. The van der Waals surface area contributed by atoms with E-state index in [0.29, 0.717) is 0 Å². The maximum absolute atomic E-state index is 12.0. The molecule has 0 spiro atoms. The molecule has 1 heterocycles. The third-order valence-corrected chi connectivity index (χ3v) is 3.66. The minimum Gasteiger partial charge on any atom is -0.342 e. The Labute approximate surface area is 127 Å². The van der Waals surface area contributed by atoms with E-state index >= 15 is 0 Å². The van der Waals surface area contributed by atoms with Crippen LogP contribution >= 0.6 is 15.9 Å². The van der Waals surface area contributed by atoms with E-state index in [1.54, 1.807) is 6.20 Å². The Morgan fingerprint density at radius 1 is 1.30 bits per heavy atom. The van der Waals surface area contributed by atoms with Gasteiger partial charge in [-0.1, -0.05) is 41.9 Å². The minimum absolute atomic E-state index is 0.0147. The first-order valence-electron chi connectivity index (χ1n) is 6.52. The summed E-state index contributed by atoms with van der Waals surface area (Å²) in [5, 5.41) is 3.06. The van der Waals surface area contributed by atoms with Gasteiger partial charge in [-0.2, -0.15) is 0 Å². The zero-order valence-electron chi connectivity index (χ0n) is 11.8. The summed E-state index contributed by atoms with van der Waals surface area (Å²) >= 11 is 3.42. The molecule has 0 fully saturated rings. The Morgan fingerprint density at radius 2 is 1.95 bits per heavy atom. The lowest BCUT2D eigenvalue weighted by Gasteiger charge is -2.20. The molecule has 1 aromatic heterocycles. The van der Waals surface area contributed by atoms with E-state index in [4.69, 9.17) is 0 Å². The number of hydrogen-bond acceptors (Lipinski definition) is 2. The summed E-state index contributed by atoms with van der Waals surface area (Å²) in [7, 11) is 1.93. The van der Waals surface area contributed by atoms with Crippen molar-refractivity contribution in [2.24, 2.45) is 13.0 Å². The van der Waals surface area contributed by atoms with Gasteiger partial charge >= 0.3 is 0 Å². The van der Waals surface area contributed by atoms with Crippen molar-refractivity contribution < 1.29 is 4.79 Å². The molecule has 1 N–H and O–H groups in total. The Bertz CT molecular complexity index is 589. The number of amides is 1. The highest BCUT2D eigenvalue weighted by molar-refractivity contribution is 9.10. The zero-order chi connectivity index (χ0) is 14.7. The molecule has 0 aliphatic carbocycles. The molecular formula is C15H18BrN3O. The van der Waals surface area contributed by atoms with Crippen molar-refractivity contribution in [1.29, 1.82) is 0 Å². The smallest absolute Gasteiger partial charge is 0.223 e. The number of nitrogens with zero attached hydrogens (tertiary/aromatic N) is 2. The van der Waals surface area contributed by atoms with Crippen LogP contribution in [0.4, 0.5) is 0 Å². The fourth-order valence-corrected chi connectivity index (χ4v) is 2.18. The number of aryl methyl sites for hydroxylation is 1. The number of imidazole rings is 1. The standard InChI is InChI=1S/C15H18BrN3O/c1-10(2)15(20)18-13(14-17-8-9-19(14)3)11-4-6-12(16)7-5-11/h4-10,13H,1-3H3,(H,18,20)/t13-/m0/s1. The van der Waals surface area contributed by atoms with Gasteiger partial charge in [0, 0.05) is 29.8 Å². The van der Waals surface area contributed by atoms with E-state index < -0.39 is 0 Å². The highest BCUT2D eigenvalue weighted by Crippen LogP contribution is 2.22. The van der Waals surface area contributed by atoms with Crippen LogP contribution in [-0.2, 0) is 11.8 Å². The molecule has 0 unspecified atom stereocenters. The van der Waals surface area contributed by atoms with Gasteiger partial charge in [0.1, 0.15) is 11.9 Å². The lowest BCUT2D eigenvalue weighted by atomic mass is 10.0. The van der Waals surface area contributed by atoms with E-state index in [2.05, 4.69) is 26.2 Å². The van der Waals surface area contributed by atoms with Gasteiger partial charge in [0.25, 0.3) is 0 Å². The van der Waals surface area contributed by atoms with Crippen molar-refractivity contribution >= 4 is 21.8 Å². The molecule has 1 aromatic carbocycles. The number of carbonyl (C=O) groups excluding carboxylic acids is 1. The van der Waals surface area contributed by atoms with Gasteiger partial charge in [0.05, 0.1) is 0 Å². The fourth-order valence-electron chi connectivity index (χ4n) is 1.92. The first-order chi connectivity index (χ1) is 9.49. The van der Waals surface area contributed by atoms with Gasteiger partial charge in [0.2, 0.25) is 5.91 Å². The first-order valence-corrected chi connectivity index (χ1v) is 7.31. The van der Waals surface area contributed by atoms with E-state index in [-0.39, 0.29) is 17.9 Å². The second-order valence-electron chi connectivity index (χ2n) is 5.04. The molecule has 2 aromatic rings. The van der Waals surface area contributed by atoms with Crippen LogP contribution in [0.5, 0.6) is 0 Å². The van der Waals surface area contributed by atoms with Crippen LogP contribution in [0.2, 0.25) is 0 Å². The Hall–Kier alpha value is -1.62. The molecule has 0 saturated heterocycles. The second kappa shape index (κ2) is 6.22. The fraction of sp³-hybridized carbons (Fsp3) is 0.333. The number of aromatic nitrogens is 2. The summed E-state index contributed by atoms with van der Waals surface area (Å²) < 4.78 is 2.93. The van der Waals surface area contributed by atoms with Crippen LogP contribution in [0.1, 0.15) is 31.3 Å². The maximum Gasteiger partial charge on any atom is 0.223 e. The first kappa shape index (κ1) is 14.8. The molecule has 5 heteroatoms. The van der Waals surface area contributed by atoms with E-state index in [1.807, 2.05) is 55.9 Å². The molecule has 20 heavy (non-hydrogen) atoms. The number of carbonyl (C=O) groups is 1. The van der Waals surface area contributed by atoms with Gasteiger partial charge < -0.3 is 9.88 Å². The molecule has 106 valence electrons. The van der Waals surface area contributed by atoms with Crippen molar-refractivity contribution in [1.82, 2.24) is 14.9 Å². The van der Waals surface area contributed by atoms with Crippen LogP contribution in [-0.4, -0.2) is 15.5 Å². The van der Waals surface area contributed by atoms with Crippen LogP contribution < -0.4 is 5.32 Å². The zero-order valence-corrected chi connectivity index (χ0v) is 13.4. The number of hydrogen-bond donors (Lipinski definition) is 1. The predicted molar refractivity (Wildman–Crippen MR) is 82.2 cm³/mol. The van der Waals surface area contributed by atoms with Crippen LogP contribution in [0.3, 0.4) is 0 Å². The molecular weight excluding hydrogens is 318 g/mol. The topological polar surface area (TPSA) is 46.9 Å². The summed E-state index contributed by atoms with van der Waals surface area (Å²) in [5.74, 6) is 0.774. The van der Waals surface area contributed by atoms with Gasteiger partial charge in [-0.3, -0.25) is 4.79 Å². The van der Waals surface area contributed by atoms with Crippen molar-refractivity contribution in [3.05, 3.63) is 52.5 Å². The van der Waals surface area contributed by atoms with Crippen molar-refractivity contribution in [3.63, 3.8) is 0 Å². The van der Waals surface area contributed by atoms with Crippen molar-refractivity contribution in [3.8, 4) is 0 Å². The Morgan fingerprint density at radius 3 is 2.45 bits per heavy atom. The average molecular weight is 336 g/mol. The van der Waals surface area contributed by atoms with Crippen molar-refractivity contribution in [2.45, 2.75) is 19.9 Å². The number of halogens is 1. The molecule has 0 aliphatic rings. The number of rotatable bonds is 4. The van der Waals surface area contributed by atoms with E-state index in [1.165, 1.54) is 0 Å². The van der Waals surface area contributed by atoms with Crippen LogP contribution in [0.25, 0.3) is 0 Å². The molecule has 2 rings (SSSR count). The van der Waals surface area contributed by atoms with Crippen molar-refractivity contribution in [2.75, 3.05) is 0 Å². The lowest BCUT2D eigenvalue weighted by molar-refractivity contribution is -0.124. The van der Waals surface area contributed by atoms with Gasteiger partial charge in [-0.25, -0.2) is 4.98 Å². The van der Waals surface area contributed by atoms with E-state index in [0.717, 1.165) is 15.9 Å². The number of benzene rings is 1. The highest BCUT2D eigenvalue weighted by Gasteiger charge is 2.21. The average Bonchev–Trinajstić information content (AvgIpc) is 2.83. The van der Waals surface area contributed by atoms with Gasteiger partial charge in [-0.15, -0.1) is 0 Å². The molecule has 0 radical (unpaired) electrons. The summed E-state index contributed by atoms with van der Waals surface area (Å²) in [4.78, 5) is 16.4. The Kier molecular flexibility index (Phi) is 4.60. The summed E-state index contributed by atoms with van der Waals surface area (Å²) in [6, 6.07) is 7.67. The molecule has 0 aliphatic heterocycles. The monoisotopic (exact) mass is 335 g/mol. The van der Waals surface area contributed by atoms with Gasteiger partial charge in [0.15, 0.2) is 0 Å². The SMILES string of the molecule is CC(C)C(=O)N[C@@H](c1ccc(Br)cc1)c1nccn1C. The predicted octanol–water partition coefficient (Wildman–Crippen LogP) is 3.04. The summed E-state index contributed by atoms with van der Waals surface area (Å²) in [6.45, 7) is 3.76. The lowest BCUT2D eigenvalue weighted by Crippen LogP contribution is -2.33. The summed E-state index contributed by atoms with van der Waals surface area (Å²) in [5.41, 5.74) is 1.01. The molecule has 1 atom stereocenters. The van der Waals surface area contributed by atoms with Gasteiger partial charge in [-0.05, 0) is 17.7 Å². The normalized spacial score (nSPS) is 12.4. The molecule has 0 bridgehead atoms. The highest BCUT2D eigenvalue weighted by atomic mass is 79.9. The molecule has 1 amide bonds. The quantitative estimate of drug-likeness (QED) is 0.933. The molecule has 4 nitrogen and oxygen atoms in total. The third kappa shape index (κ3) is 3.28. The maximum atomic E-state index is 12.0. The largest absolute Gasteiger partial charge is 0.342 e. The molecule has 0 saturated carbocycles. The van der Waals surface area contributed by atoms with Crippen LogP contribution in [0, 0.1) is 5.92 Å². The van der Waals surface area contributed by atoms with E-state index in [9.17, 15) is 4.79 Å². The third-order valence-electron chi connectivity index (χ3n) is 3.13.